The standard InChI is InChI=1S/C14H27NO2/c1-3-5-9-15(10-6-4-2)12-14(7-8-14)11-13(16)17/h3-12H2,1-2H3,(H,16,17). The topological polar surface area (TPSA) is 40.5 Å². The van der Waals surface area contributed by atoms with E-state index >= 15 is 0 Å². The molecule has 0 aromatic rings. The number of carbonyl (C=O) groups is 1. The van der Waals surface area contributed by atoms with Crippen LogP contribution in [-0.4, -0.2) is 35.6 Å². The second-order valence-corrected chi connectivity index (χ2v) is 5.55. The number of rotatable bonds is 10. The van der Waals surface area contributed by atoms with Crippen LogP contribution >= 0.6 is 0 Å². The predicted molar refractivity (Wildman–Crippen MR) is 70.2 cm³/mol. The van der Waals surface area contributed by atoms with Gasteiger partial charge in [0.2, 0.25) is 0 Å². The van der Waals surface area contributed by atoms with E-state index in [0.29, 0.717) is 6.42 Å². The molecule has 0 aliphatic heterocycles. The molecule has 3 nitrogen and oxygen atoms in total. The summed E-state index contributed by atoms with van der Waals surface area (Å²) in [6.07, 6.45) is 7.46. The highest BCUT2D eigenvalue weighted by molar-refractivity contribution is 5.68. The van der Waals surface area contributed by atoms with Crippen molar-refractivity contribution in [1.82, 2.24) is 4.90 Å². The molecule has 0 aromatic carbocycles. The first kappa shape index (κ1) is 14.5. The molecule has 1 aliphatic carbocycles. The molecule has 3 heteroatoms. The average molecular weight is 241 g/mol. The van der Waals surface area contributed by atoms with E-state index in [1.54, 1.807) is 0 Å². The van der Waals surface area contributed by atoms with Crippen molar-refractivity contribution in [2.24, 2.45) is 5.41 Å². The van der Waals surface area contributed by atoms with E-state index in [9.17, 15) is 4.79 Å². The maximum absolute atomic E-state index is 10.8. The molecule has 0 aromatic heterocycles. The highest BCUT2D eigenvalue weighted by Gasteiger charge is 2.45. The quantitative estimate of drug-likeness (QED) is 0.639. The molecule has 0 amide bonds. The molecule has 100 valence electrons. The lowest BCUT2D eigenvalue weighted by Gasteiger charge is -2.26. The lowest BCUT2D eigenvalue weighted by molar-refractivity contribution is -0.138. The maximum atomic E-state index is 10.8. The Morgan fingerprint density at radius 3 is 2.06 bits per heavy atom. The van der Waals surface area contributed by atoms with Gasteiger partial charge in [0.15, 0.2) is 0 Å². The summed E-state index contributed by atoms with van der Waals surface area (Å²) in [7, 11) is 0. The van der Waals surface area contributed by atoms with Crippen LogP contribution in [0.2, 0.25) is 0 Å². The molecule has 1 fully saturated rings. The van der Waals surface area contributed by atoms with Crippen LogP contribution in [0.25, 0.3) is 0 Å². The van der Waals surface area contributed by atoms with Gasteiger partial charge in [-0.2, -0.15) is 0 Å². The SMILES string of the molecule is CCCCN(CCCC)CC1(CC(=O)O)CC1. The van der Waals surface area contributed by atoms with E-state index in [0.717, 1.165) is 32.5 Å². The lowest BCUT2D eigenvalue weighted by Crippen LogP contribution is -2.33. The van der Waals surface area contributed by atoms with E-state index in [1.807, 2.05) is 0 Å². The van der Waals surface area contributed by atoms with Gasteiger partial charge in [-0.05, 0) is 44.2 Å². The van der Waals surface area contributed by atoms with Crippen molar-refractivity contribution in [3.05, 3.63) is 0 Å². The van der Waals surface area contributed by atoms with Crippen molar-refractivity contribution in [2.75, 3.05) is 19.6 Å². The monoisotopic (exact) mass is 241 g/mol. The molecule has 0 spiro atoms. The van der Waals surface area contributed by atoms with Crippen LogP contribution in [0.15, 0.2) is 0 Å². The van der Waals surface area contributed by atoms with E-state index in [2.05, 4.69) is 18.7 Å². The van der Waals surface area contributed by atoms with Gasteiger partial charge in [0.05, 0.1) is 6.42 Å². The molecular formula is C14H27NO2. The second kappa shape index (κ2) is 7.00. The van der Waals surface area contributed by atoms with Gasteiger partial charge in [-0.1, -0.05) is 26.7 Å². The van der Waals surface area contributed by atoms with Crippen molar-refractivity contribution >= 4 is 5.97 Å². The largest absolute Gasteiger partial charge is 0.481 e. The van der Waals surface area contributed by atoms with Crippen LogP contribution in [0.1, 0.15) is 58.8 Å². The molecule has 1 saturated carbocycles. The Bertz CT molecular complexity index is 228. The van der Waals surface area contributed by atoms with E-state index in [4.69, 9.17) is 5.11 Å². The minimum Gasteiger partial charge on any atom is -0.481 e. The highest BCUT2D eigenvalue weighted by atomic mass is 16.4. The number of unbranched alkanes of at least 4 members (excludes halogenated alkanes) is 2. The van der Waals surface area contributed by atoms with Crippen LogP contribution in [0, 0.1) is 5.41 Å². The zero-order valence-electron chi connectivity index (χ0n) is 11.4. The van der Waals surface area contributed by atoms with Gasteiger partial charge in [-0.25, -0.2) is 0 Å². The maximum Gasteiger partial charge on any atom is 0.303 e. The Morgan fingerprint density at radius 2 is 1.71 bits per heavy atom. The van der Waals surface area contributed by atoms with Crippen molar-refractivity contribution in [3.63, 3.8) is 0 Å². The average Bonchev–Trinajstić information content (AvgIpc) is 3.01. The summed E-state index contributed by atoms with van der Waals surface area (Å²) in [5, 5.41) is 8.94. The summed E-state index contributed by atoms with van der Waals surface area (Å²) < 4.78 is 0. The fourth-order valence-electron chi connectivity index (χ4n) is 2.40. The van der Waals surface area contributed by atoms with Gasteiger partial charge in [-0.15, -0.1) is 0 Å². The number of hydrogen-bond donors (Lipinski definition) is 1. The molecule has 1 aliphatic rings. The third-order valence-corrected chi connectivity index (χ3v) is 3.70. The molecule has 0 saturated heterocycles. The molecule has 1 N–H and O–H groups in total. The summed E-state index contributed by atoms with van der Waals surface area (Å²) >= 11 is 0. The first-order valence-electron chi connectivity index (χ1n) is 7.06. The normalized spacial score (nSPS) is 17.4. The van der Waals surface area contributed by atoms with E-state index in [1.165, 1.54) is 25.7 Å². The summed E-state index contributed by atoms with van der Waals surface area (Å²) in [5.41, 5.74) is 0.118. The Kier molecular flexibility index (Phi) is 5.96. The molecule has 17 heavy (non-hydrogen) atoms. The Hall–Kier alpha value is -0.570. The van der Waals surface area contributed by atoms with Gasteiger partial charge in [0.1, 0.15) is 0 Å². The summed E-state index contributed by atoms with van der Waals surface area (Å²) in [4.78, 5) is 13.3. The van der Waals surface area contributed by atoms with E-state index in [-0.39, 0.29) is 5.41 Å². The highest BCUT2D eigenvalue weighted by Crippen LogP contribution is 2.49. The molecule has 1 rings (SSSR count). The molecule has 0 atom stereocenters. The van der Waals surface area contributed by atoms with Gasteiger partial charge in [0.25, 0.3) is 0 Å². The van der Waals surface area contributed by atoms with Crippen LogP contribution in [0.4, 0.5) is 0 Å². The van der Waals surface area contributed by atoms with Crippen molar-refractivity contribution in [3.8, 4) is 0 Å². The number of hydrogen-bond acceptors (Lipinski definition) is 2. The van der Waals surface area contributed by atoms with Crippen molar-refractivity contribution in [2.45, 2.75) is 58.8 Å². The number of carboxylic acids is 1. The molecule has 0 bridgehead atoms. The minimum atomic E-state index is -0.631. The Morgan fingerprint density at radius 1 is 1.18 bits per heavy atom. The van der Waals surface area contributed by atoms with Gasteiger partial charge < -0.3 is 10.0 Å². The zero-order valence-corrected chi connectivity index (χ0v) is 11.4. The fraction of sp³-hybridized carbons (Fsp3) is 0.929. The minimum absolute atomic E-state index is 0.118. The smallest absolute Gasteiger partial charge is 0.303 e. The van der Waals surface area contributed by atoms with Gasteiger partial charge >= 0.3 is 5.97 Å². The number of carboxylic acid groups (broad SMARTS) is 1. The molecule has 0 unspecified atom stereocenters. The van der Waals surface area contributed by atoms with Gasteiger partial charge in [-0.3, -0.25) is 4.79 Å². The van der Waals surface area contributed by atoms with Crippen LogP contribution in [0.5, 0.6) is 0 Å². The number of aliphatic carboxylic acids is 1. The van der Waals surface area contributed by atoms with Crippen LogP contribution in [-0.2, 0) is 4.79 Å². The summed E-state index contributed by atoms with van der Waals surface area (Å²) in [6, 6.07) is 0. The van der Waals surface area contributed by atoms with Crippen LogP contribution < -0.4 is 0 Å². The molecule has 0 radical (unpaired) electrons. The van der Waals surface area contributed by atoms with Gasteiger partial charge in [0, 0.05) is 6.54 Å². The third kappa shape index (κ3) is 5.53. The third-order valence-electron chi connectivity index (χ3n) is 3.70. The van der Waals surface area contributed by atoms with Crippen molar-refractivity contribution < 1.29 is 9.90 Å². The fourth-order valence-corrected chi connectivity index (χ4v) is 2.40. The van der Waals surface area contributed by atoms with Crippen molar-refractivity contribution in [1.29, 1.82) is 0 Å². The first-order chi connectivity index (χ1) is 8.12. The molecular weight excluding hydrogens is 214 g/mol. The second-order valence-electron chi connectivity index (χ2n) is 5.55. The van der Waals surface area contributed by atoms with Crippen LogP contribution in [0.3, 0.4) is 0 Å². The summed E-state index contributed by atoms with van der Waals surface area (Å²) in [5.74, 6) is -0.631. The Balaban J connectivity index is 2.38. The first-order valence-corrected chi connectivity index (χ1v) is 7.06. The summed E-state index contributed by atoms with van der Waals surface area (Å²) in [6.45, 7) is 7.69. The zero-order chi connectivity index (χ0) is 12.7. The Labute approximate surface area is 105 Å². The number of nitrogens with zero attached hydrogens (tertiary/aromatic N) is 1. The predicted octanol–water partition coefficient (Wildman–Crippen LogP) is 3.14. The lowest BCUT2D eigenvalue weighted by atomic mass is 10.0. The van der Waals surface area contributed by atoms with E-state index < -0.39 is 5.97 Å². The molecule has 0 heterocycles.